The average Bonchev–Trinajstić information content (AvgIpc) is 3.53. The number of fused-ring (bicyclic) bond motifs is 7. The lowest BCUT2D eigenvalue weighted by Gasteiger charge is -2.63. The molecule has 1 aromatic rings. The van der Waals surface area contributed by atoms with Crippen molar-refractivity contribution >= 4 is 11.8 Å². The Balaban J connectivity index is 1.41. The molecule has 4 fully saturated rings. The second-order valence-corrected chi connectivity index (χ2v) is 12.7. The summed E-state index contributed by atoms with van der Waals surface area (Å²) in [5, 5.41) is 20.8. The Bertz CT molecular complexity index is 1330. The lowest BCUT2D eigenvalue weighted by Crippen LogP contribution is -2.69. The summed E-state index contributed by atoms with van der Waals surface area (Å²) in [5.74, 6) is -0.847. The Morgan fingerprint density at radius 3 is 2.77 bits per heavy atom. The molecule has 208 valence electrons. The molecule has 1 N–H and O–H groups in total. The van der Waals surface area contributed by atoms with E-state index in [0.717, 1.165) is 11.5 Å². The zero-order valence-electron chi connectivity index (χ0n) is 22.5. The summed E-state index contributed by atoms with van der Waals surface area (Å²) in [6.07, 6.45) is 1.13. The molecular weight excluding hydrogens is 506 g/mol. The highest BCUT2D eigenvalue weighted by Crippen LogP contribution is 2.74. The van der Waals surface area contributed by atoms with Crippen LogP contribution in [0.1, 0.15) is 44.6 Å². The third-order valence-corrected chi connectivity index (χ3v) is 11.0. The maximum Gasteiger partial charge on any atom is 0.315 e. The molecule has 0 radical (unpaired) electrons. The van der Waals surface area contributed by atoms with Crippen LogP contribution in [0.5, 0.6) is 0 Å². The highest BCUT2D eigenvalue weighted by molar-refractivity contribution is 6.01. The van der Waals surface area contributed by atoms with Crippen LogP contribution < -0.4 is 0 Å². The van der Waals surface area contributed by atoms with Gasteiger partial charge in [0.15, 0.2) is 18.1 Å². The molecule has 5 aliphatic rings. The summed E-state index contributed by atoms with van der Waals surface area (Å²) in [5.41, 5.74) is -5.59. The van der Waals surface area contributed by atoms with E-state index < -0.39 is 58.6 Å². The van der Waals surface area contributed by atoms with E-state index in [-0.39, 0.29) is 30.1 Å². The van der Waals surface area contributed by atoms with E-state index in [4.69, 9.17) is 14.4 Å². The number of nitrogens with zero attached hydrogens (tertiary/aromatic N) is 2. The zero-order chi connectivity index (χ0) is 28.0. The van der Waals surface area contributed by atoms with Crippen molar-refractivity contribution in [3.8, 4) is 6.07 Å². The molecule has 3 saturated carbocycles. The van der Waals surface area contributed by atoms with Crippen LogP contribution in [0, 0.1) is 52.3 Å². The molecule has 1 aromatic heterocycles. The summed E-state index contributed by atoms with van der Waals surface area (Å²) >= 11 is 0. The molecule has 0 amide bonds. The zero-order valence-corrected chi connectivity index (χ0v) is 22.5. The second-order valence-electron chi connectivity index (χ2n) is 12.7. The monoisotopic (exact) mass is 540 g/mol. The van der Waals surface area contributed by atoms with Gasteiger partial charge in [0, 0.05) is 24.4 Å². The molecule has 0 bridgehead atoms. The van der Waals surface area contributed by atoms with Crippen LogP contribution in [-0.2, 0) is 20.9 Å². The summed E-state index contributed by atoms with van der Waals surface area (Å²) in [7, 11) is 0. The lowest BCUT2D eigenvalue weighted by atomic mass is 9.43. The Kier molecular flexibility index (Phi) is 5.81. The minimum absolute atomic E-state index is 0.0157. The van der Waals surface area contributed by atoms with Crippen LogP contribution in [0.3, 0.4) is 0 Å². The number of nitriles is 1. The summed E-state index contributed by atoms with van der Waals surface area (Å²) in [6, 6.07) is 5.65. The quantitative estimate of drug-likeness (QED) is 0.576. The average molecular weight is 541 g/mol. The first-order chi connectivity index (χ1) is 18.4. The number of carbonyl (C=O) groups excluding carboxylic acids is 2. The largest absolute Gasteiger partial charge is 0.465 e. The van der Waals surface area contributed by atoms with Gasteiger partial charge in [-0.2, -0.15) is 5.26 Å². The normalized spacial score (nSPS) is 44.6. The van der Waals surface area contributed by atoms with Crippen LogP contribution in [0.25, 0.3) is 0 Å². The van der Waals surface area contributed by atoms with Gasteiger partial charge in [0.1, 0.15) is 23.8 Å². The van der Waals surface area contributed by atoms with Crippen LogP contribution in [0.2, 0.25) is 0 Å². The van der Waals surface area contributed by atoms with Gasteiger partial charge in [0.25, 0.3) is 0 Å². The lowest BCUT2D eigenvalue weighted by molar-refractivity contribution is -0.216. The number of esters is 1. The Hall–Kier alpha value is -2.83. The van der Waals surface area contributed by atoms with Crippen LogP contribution in [0.15, 0.2) is 40.4 Å². The van der Waals surface area contributed by atoms with Gasteiger partial charge in [-0.3, -0.25) is 14.5 Å². The number of carbonyl (C=O) groups is 2. The maximum atomic E-state index is 17.5. The number of aliphatic hydroxyl groups is 1. The van der Waals surface area contributed by atoms with Crippen molar-refractivity contribution in [1.82, 2.24) is 4.90 Å². The molecule has 0 aromatic carbocycles. The highest BCUT2D eigenvalue weighted by Gasteiger charge is 2.78. The van der Waals surface area contributed by atoms with Crippen LogP contribution in [0.4, 0.5) is 8.78 Å². The van der Waals surface area contributed by atoms with Crippen molar-refractivity contribution in [3.05, 3.63) is 47.5 Å². The fraction of sp³-hybridized carbons (Fsp3) is 0.633. The van der Waals surface area contributed by atoms with Crippen molar-refractivity contribution < 1.29 is 32.6 Å². The Morgan fingerprint density at radius 1 is 1.31 bits per heavy atom. The van der Waals surface area contributed by atoms with Gasteiger partial charge in [0.2, 0.25) is 0 Å². The molecule has 7 nitrogen and oxygen atoms in total. The smallest absolute Gasteiger partial charge is 0.315 e. The Morgan fingerprint density at radius 2 is 2.08 bits per heavy atom. The topological polar surface area (TPSA) is 104 Å². The van der Waals surface area contributed by atoms with Gasteiger partial charge in [0.05, 0.1) is 18.1 Å². The van der Waals surface area contributed by atoms with Gasteiger partial charge >= 0.3 is 5.97 Å². The minimum atomic E-state index is -2.20. The SMILES string of the molecule is Cc1ccc(CN2C[C@@H]3C[C@H]4[C@@H]5C[C@H](F)C6=CC(=O)C=C[C@]6(C)[C@@]5(F)[C@@H](O)C[C@]4(C)[C@]3(C(=O)OCC#N)C2)o1. The molecule has 6 rings (SSSR count). The molecule has 2 heterocycles. The van der Waals surface area contributed by atoms with Gasteiger partial charge in [-0.05, 0) is 80.2 Å². The third-order valence-electron chi connectivity index (χ3n) is 11.0. The number of hydrogen-bond donors (Lipinski definition) is 1. The summed E-state index contributed by atoms with van der Waals surface area (Å²) in [4.78, 5) is 28.1. The molecule has 9 atom stereocenters. The number of aliphatic hydroxyl groups excluding tert-OH is 1. The fourth-order valence-corrected chi connectivity index (χ4v) is 9.35. The summed E-state index contributed by atoms with van der Waals surface area (Å²) < 4.78 is 44.5. The number of furan rings is 1. The van der Waals surface area contributed by atoms with Crippen molar-refractivity contribution in [2.24, 2.45) is 34.0 Å². The second kappa shape index (κ2) is 8.58. The standard InChI is InChI=1S/C30H34F2N2O5/c1-17-4-5-20(39-17)15-34-14-18-10-21-22-12-24(31)23-11-19(35)6-7-27(23,2)30(22,32)25(36)13-28(21,3)29(18,16-34)26(37)38-9-8-33/h4-7,11,18,21-22,24-25,36H,9-10,12-16H2,1-3H3/t18-,21-,22-,24-,25-,27-,28-,29+,30-/m0/s1. The number of hydrogen-bond acceptors (Lipinski definition) is 7. The molecule has 0 unspecified atom stereocenters. The number of ketones is 1. The summed E-state index contributed by atoms with van der Waals surface area (Å²) in [6.45, 7) is 6.27. The molecule has 1 aliphatic heterocycles. The first-order valence-electron chi connectivity index (χ1n) is 13.7. The molecular formula is C30H34F2N2O5. The number of allylic oxidation sites excluding steroid dienone is 4. The number of aryl methyl sites for hydroxylation is 1. The van der Waals surface area contributed by atoms with Crippen molar-refractivity contribution in [3.63, 3.8) is 0 Å². The van der Waals surface area contributed by atoms with Gasteiger partial charge in [-0.15, -0.1) is 0 Å². The maximum absolute atomic E-state index is 17.5. The van der Waals surface area contributed by atoms with E-state index in [1.165, 1.54) is 18.2 Å². The van der Waals surface area contributed by atoms with E-state index in [0.29, 0.717) is 26.1 Å². The molecule has 1 saturated heterocycles. The first kappa shape index (κ1) is 26.4. The fourth-order valence-electron chi connectivity index (χ4n) is 9.35. The number of likely N-dealkylation sites (tertiary alicyclic amines) is 1. The van der Waals surface area contributed by atoms with Crippen molar-refractivity contribution in [2.75, 3.05) is 19.7 Å². The van der Waals surface area contributed by atoms with E-state index in [1.807, 2.05) is 32.0 Å². The number of alkyl halides is 2. The molecule has 4 aliphatic carbocycles. The number of rotatable bonds is 4. The van der Waals surface area contributed by atoms with Gasteiger partial charge in [-0.25, -0.2) is 8.78 Å². The predicted molar refractivity (Wildman–Crippen MR) is 135 cm³/mol. The first-order valence-corrected chi connectivity index (χ1v) is 13.7. The highest BCUT2D eigenvalue weighted by atomic mass is 19.1. The van der Waals surface area contributed by atoms with E-state index in [9.17, 15) is 14.7 Å². The van der Waals surface area contributed by atoms with Crippen LogP contribution >= 0.6 is 0 Å². The van der Waals surface area contributed by atoms with Crippen molar-refractivity contribution in [1.29, 1.82) is 5.26 Å². The Labute approximate surface area is 226 Å². The van der Waals surface area contributed by atoms with Gasteiger partial charge < -0.3 is 14.3 Å². The predicted octanol–water partition coefficient (Wildman–Crippen LogP) is 4.00. The van der Waals surface area contributed by atoms with E-state index in [2.05, 4.69) is 4.90 Å². The molecule has 9 heteroatoms. The molecule has 39 heavy (non-hydrogen) atoms. The van der Waals surface area contributed by atoms with Gasteiger partial charge in [-0.1, -0.05) is 13.0 Å². The van der Waals surface area contributed by atoms with E-state index >= 15 is 8.78 Å². The molecule has 0 spiro atoms. The van der Waals surface area contributed by atoms with Crippen molar-refractivity contribution in [2.45, 2.75) is 64.5 Å². The van der Waals surface area contributed by atoms with Crippen LogP contribution in [-0.4, -0.2) is 59.4 Å². The number of halogens is 2. The number of ether oxygens (including phenoxy) is 1. The van der Waals surface area contributed by atoms with E-state index in [1.54, 1.807) is 6.92 Å². The third kappa shape index (κ3) is 3.31. The minimum Gasteiger partial charge on any atom is -0.465 e.